The Bertz CT molecular complexity index is 474. The first kappa shape index (κ1) is 17.3. The highest BCUT2D eigenvalue weighted by molar-refractivity contribution is 6.30. The fourth-order valence-electron chi connectivity index (χ4n) is 1.98. The Balaban J connectivity index is 2.45. The molecule has 0 radical (unpaired) electrons. The number of hydrogen-bond acceptors (Lipinski definition) is 2. The van der Waals surface area contributed by atoms with Crippen LogP contribution >= 0.6 is 11.6 Å². The SMILES string of the molecule is CC(C)C[C@@H](NC(N)=O)C(=O)NCCc1ccc(Cl)cc1. The molecule has 21 heavy (non-hydrogen) atoms. The van der Waals surface area contributed by atoms with E-state index in [-0.39, 0.29) is 11.8 Å². The number of carbonyl (C=O) groups excluding carboxylic acids is 2. The van der Waals surface area contributed by atoms with Crippen LogP contribution in [0.1, 0.15) is 25.8 Å². The second-order valence-corrected chi connectivity index (χ2v) is 5.79. The molecule has 1 rings (SSSR count). The summed E-state index contributed by atoms with van der Waals surface area (Å²) >= 11 is 5.81. The van der Waals surface area contributed by atoms with Crippen LogP contribution in [0.2, 0.25) is 5.02 Å². The zero-order valence-electron chi connectivity index (χ0n) is 12.4. The number of amides is 3. The maximum atomic E-state index is 12.1. The van der Waals surface area contributed by atoms with Gasteiger partial charge < -0.3 is 16.4 Å². The Morgan fingerprint density at radius 1 is 1.24 bits per heavy atom. The number of rotatable bonds is 7. The molecule has 0 saturated carbocycles. The van der Waals surface area contributed by atoms with Crippen LogP contribution in [0.25, 0.3) is 0 Å². The van der Waals surface area contributed by atoms with Crippen molar-refractivity contribution in [3.8, 4) is 0 Å². The lowest BCUT2D eigenvalue weighted by atomic mass is 10.0. The number of halogens is 1. The molecule has 0 unspecified atom stereocenters. The summed E-state index contributed by atoms with van der Waals surface area (Å²) in [5.41, 5.74) is 6.18. The van der Waals surface area contributed by atoms with Gasteiger partial charge in [-0.25, -0.2) is 4.79 Å². The van der Waals surface area contributed by atoms with Gasteiger partial charge >= 0.3 is 6.03 Å². The molecule has 4 N–H and O–H groups in total. The average molecular weight is 312 g/mol. The molecule has 3 amide bonds. The summed E-state index contributed by atoms with van der Waals surface area (Å²) in [6.07, 6.45) is 1.25. The van der Waals surface area contributed by atoms with E-state index in [0.29, 0.717) is 24.4 Å². The molecule has 6 heteroatoms. The van der Waals surface area contributed by atoms with E-state index in [1.165, 1.54) is 0 Å². The Hall–Kier alpha value is -1.75. The van der Waals surface area contributed by atoms with Crippen molar-refractivity contribution in [3.05, 3.63) is 34.9 Å². The summed E-state index contributed by atoms with van der Waals surface area (Å²) in [6, 6.07) is 6.19. The molecule has 5 nitrogen and oxygen atoms in total. The molecule has 0 heterocycles. The van der Waals surface area contributed by atoms with E-state index in [2.05, 4.69) is 10.6 Å². The molecular formula is C15H22ClN3O2. The zero-order valence-corrected chi connectivity index (χ0v) is 13.1. The van der Waals surface area contributed by atoms with Crippen LogP contribution in [0.3, 0.4) is 0 Å². The summed E-state index contributed by atoms with van der Waals surface area (Å²) in [4.78, 5) is 23.0. The zero-order chi connectivity index (χ0) is 15.8. The van der Waals surface area contributed by atoms with Gasteiger partial charge in [0.25, 0.3) is 0 Å². The van der Waals surface area contributed by atoms with Gasteiger partial charge in [0.2, 0.25) is 5.91 Å². The number of benzene rings is 1. The molecule has 0 fully saturated rings. The summed E-state index contributed by atoms with van der Waals surface area (Å²) in [5, 5.41) is 5.98. The molecule has 0 aliphatic heterocycles. The van der Waals surface area contributed by atoms with E-state index in [9.17, 15) is 9.59 Å². The highest BCUT2D eigenvalue weighted by Crippen LogP contribution is 2.09. The summed E-state index contributed by atoms with van der Waals surface area (Å²) in [7, 11) is 0. The van der Waals surface area contributed by atoms with Crippen molar-refractivity contribution in [1.82, 2.24) is 10.6 Å². The number of carbonyl (C=O) groups is 2. The van der Waals surface area contributed by atoms with Gasteiger partial charge in [-0.2, -0.15) is 0 Å². The van der Waals surface area contributed by atoms with Gasteiger partial charge in [-0.15, -0.1) is 0 Å². The number of nitrogens with two attached hydrogens (primary N) is 1. The highest BCUT2D eigenvalue weighted by atomic mass is 35.5. The number of primary amides is 1. The van der Waals surface area contributed by atoms with Crippen molar-refractivity contribution in [2.45, 2.75) is 32.7 Å². The van der Waals surface area contributed by atoms with Crippen LogP contribution in [0.15, 0.2) is 24.3 Å². The second kappa shape index (κ2) is 8.52. The smallest absolute Gasteiger partial charge is 0.312 e. The number of nitrogens with one attached hydrogen (secondary N) is 2. The van der Waals surface area contributed by atoms with Crippen molar-refractivity contribution in [1.29, 1.82) is 0 Å². The molecule has 0 bridgehead atoms. The lowest BCUT2D eigenvalue weighted by Crippen LogP contribution is -2.49. The van der Waals surface area contributed by atoms with E-state index in [0.717, 1.165) is 5.56 Å². The topological polar surface area (TPSA) is 84.2 Å². The maximum absolute atomic E-state index is 12.1. The minimum Gasteiger partial charge on any atom is -0.354 e. The minimum atomic E-state index is -0.687. The highest BCUT2D eigenvalue weighted by Gasteiger charge is 2.20. The Morgan fingerprint density at radius 3 is 2.38 bits per heavy atom. The van der Waals surface area contributed by atoms with Gasteiger partial charge in [-0.05, 0) is 36.5 Å². The molecule has 1 aromatic rings. The second-order valence-electron chi connectivity index (χ2n) is 5.36. The van der Waals surface area contributed by atoms with Crippen molar-refractivity contribution >= 4 is 23.5 Å². The fraction of sp³-hybridized carbons (Fsp3) is 0.467. The normalized spacial score (nSPS) is 12.0. The Kier molecular flexibility index (Phi) is 7.02. The molecule has 0 saturated heterocycles. The molecule has 1 aromatic carbocycles. The van der Waals surface area contributed by atoms with Crippen molar-refractivity contribution in [2.24, 2.45) is 11.7 Å². The van der Waals surface area contributed by atoms with Crippen LogP contribution in [0.5, 0.6) is 0 Å². The standard InChI is InChI=1S/C15H22ClN3O2/c1-10(2)9-13(19-15(17)21)14(20)18-8-7-11-3-5-12(16)6-4-11/h3-6,10,13H,7-9H2,1-2H3,(H,18,20)(H3,17,19,21)/t13-/m1/s1. The first-order valence-electron chi connectivity index (χ1n) is 6.96. The summed E-state index contributed by atoms with van der Waals surface area (Å²) in [5.74, 6) is 0.0697. The Morgan fingerprint density at radius 2 is 1.86 bits per heavy atom. The summed E-state index contributed by atoms with van der Waals surface area (Å²) < 4.78 is 0. The van der Waals surface area contributed by atoms with Gasteiger partial charge in [0.05, 0.1) is 0 Å². The fourth-order valence-corrected chi connectivity index (χ4v) is 2.10. The van der Waals surface area contributed by atoms with Crippen LogP contribution in [0, 0.1) is 5.92 Å². The Labute approximate surface area is 130 Å². The lowest BCUT2D eigenvalue weighted by molar-refractivity contribution is -0.123. The van der Waals surface area contributed by atoms with E-state index in [1.54, 1.807) is 0 Å². The van der Waals surface area contributed by atoms with E-state index in [1.807, 2.05) is 38.1 Å². The third kappa shape index (κ3) is 6.99. The van der Waals surface area contributed by atoms with E-state index in [4.69, 9.17) is 17.3 Å². The molecular weight excluding hydrogens is 290 g/mol. The third-order valence-electron chi connectivity index (χ3n) is 2.97. The van der Waals surface area contributed by atoms with Crippen LogP contribution in [-0.2, 0) is 11.2 Å². The average Bonchev–Trinajstić information content (AvgIpc) is 2.39. The van der Waals surface area contributed by atoms with Crippen LogP contribution in [0.4, 0.5) is 4.79 Å². The van der Waals surface area contributed by atoms with Gasteiger partial charge in [0.1, 0.15) is 6.04 Å². The predicted molar refractivity (Wildman–Crippen MR) is 84.1 cm³/mol. The lowest BCUT2D eigenvalue weighted by Gasteiger charge is -2.19. The minimum absolute atomic E-state index is 0.212. The van der Waals surface area contributed by atoms with Crippen LogP contribution in [-0.4, -0.2) is 24.5 Å². The molecule has 0 aromatic heterocycles. The van der Waals surface area contributed by atoms with Gasteiger partial charge in [-0.1, -0.05) is 37.6 Å². The van der Waals surface area contributed by atoms with E-state index >= 15 is 0 Å². The molecule has 0 spiro atoms. The molecule has 1 atom stereocenters. The number of urea groups is 1. The number of hydrogen-bond donors (Lipinski definition) is 3. The molecule has 116 valence electrons. The van der Waals surface area contributed by atoms with Crippen LogP contribution < -0.4 is 16.4 Å². The molecule has 0 aliphatic rings. The summed E-state index contributed by atoms with van der Waals surface area (Å²) in [6.45, 7) is 4.46. The van der Waals surface area contributed by atoms with Crippen molar-refractivity contribution in [2.75, 3.05) is 6.54 Å². The first-order chi connectivity index (χ1) is 9.88. The van der Waals surface area contributed by atoms with Crippen molar-refractivity contribution < 1.29 is 9.59 Å². The monoisotopic (exact) mass is 311 g/mol. The van der Waals surface area contributed by atoms with E-state index < -0.39 is 12.1 Å². The van der Waals surface area contributed by atoms with Gasteiger partial charge in [0, 0.05) is 11.6 Å². The van der Waals surface area contributed by atoms with Crippen molar-refractivity contribution in [3.63, 3.8) is 0 Å². The third-order valence-corrected chi connectivity index (χ3v) is 3.22. The maximum Gasteiger partial charge on any atom is 0.312 e. The first-order valence-corrected chi connectivity index (χ1v) is 7.34. The van der Waals surface area contributed by atoms with Gasteiger partial charge in [-0.3, -0.25) is 4.79 Å². The quantitative estimate of drug-likeness (QED) is 0.720. The predicted octanol–water partition coefficient (Wildman–Crippen LogP) is 2.08. The van der Waals surface area contributed by atoms with Gasteiger partial charge in [0.15, 0.2) is 0 Å². The molecule has 0 aliphatic carbocycles. The largest absolute Gasteiger partial charge is 0.354 e.